The summed E-state index contributed by atoms with van der Waals surface area (Å²) < 4.78 is 5.77. The van der Waals surface area contributed by atoms with Crippen molar-refractivity contribution in [2.24, 2.45) is 5.84 Å². The number of rotatable bonds is 5. The number of hydrazine groups is 1. The van der Waals surface area contributed by atoms with Gasteiger partial charge in [-0.1, -0.05) is 6.07 Å². The molecule has 0 radical (unpaired) electrons. The summed E-state index contributed by atoms with van der Waals surface area (Å²) in [5.74, 6) is 6.28. The molecule has 1 aromatic rings. The molecule has 0 amide bonds. The van der Waals surface area contributed by atoms with Gasteiger partial charge >= 0.3 is 0 Å². The van der Waals surface area contributed by atoms with Crippen molar-refractivity contribution in [1.82, 2.24) is 10.4 Å². The second-order valence-electron chi connectivity index (χ2n) is 6.26. The number of hydrogen-bond donors (Lipinski definition) is 2. The largest absolute Gasteiger partial charge is 0.378 e. The van der Waals surface area contributed by atoms with Gasteiger partial charge in [-0.2, -0.15) is 0 Å². The van der Waals surface area contributed by atoms with Crippen molar-refractivity contribution in [3.05, 3.63) is 29.6 Å². The Labute approximate surface area is 121 Å². The van der Waals surface area contributed by atoms with E-state index in [1.807, 2.05) is 19.4 Å². The van der Waals surface area contributed by atoms with Crippen molar-refractivity contribution in [2.45, 2.75) is 62.5 Å². The minimum atomic E-state index is 0.0451. The third kappa shape index (κ3) is 2.48. The summed E-state index contributed by atoms with van der Waals surface area (Å²) in [6.07, 6.45) is 10.0. The molecule has 1 saturated carbocycles. The van der Waals surface area contributed by atoms with Gasteiger partial charge < -0.3 is 4.74 Å². The van der Waals surface area contributed by atoms with Gasteiger partial charge in [0.2, 0.25) is 0 Å². The maximum atomic E-state index is 5.87. The summed E-state index contributed by atoms with van der Waals surface area (Å²) in [7, 11) is 1.83. The van der Waals surface area contributed by atoms with Gasteiger partial charge in [-0.05, 0) is 56.6 Å². The fraction of sp³-hybridized carbons (Fsp3) is 0.688. The molecule has 3 rings (SSSR count). The van der Waals surface area contributed by atoms with Gasteiger partial charge in [0, 0.05) is 31.0 Å². The molecule has 0 aromatic carbocycles. The molecule has 0 saturated heterocycles. The smallest absolute Gasteiger partial charge is 0.0694 e. The van der Waals surface area contributed by atoms with E-state index >= 15 is 0 Å². The van der Waals surface area contributed by atoms with Gasteiger partial charge in [0.15, 0.2) is 0 Å². The predicted octanol–water partition coefficient (Wildman–Crippen LogP) is 2.29. The number of ether oxygens (including phenoxy) is 1. The second kappa shape index (κ2) is 5.80. The third-order valence-corrected chi connectivity index (χ3v) is 5.23. The van der Waals surface area contributed by atoms with Crippen LogP contribution in [0.15, 0.2) is 18.3 Å². The number of nitrogens with one attached hydrogen (secondary N) is 1. The van der Waals surface area contributed by atoms with Gasteiger partial charge in [-0.25, -0.2) is 0 Å². The minimum Gasteiger partial charge on any atom is -0.378 e. The quantitative estimate of drug-likeness (QED) is 0.639. The lowest BCUT2D eigenvalue weighted by Crippen LogP contribution is -2.50. The van der Waals surface area contributed by atoms with Crippen LogP contribution >= 0.6 is 0 Å². The van der Waals surface area contributed by atoms with Crippen LogP contribution in [0.1, 0.15) is 55.7 Å². The maximum absolute atomic E-state index is 5.87. The lowest BCUT2D eigenvalue weighted by Gasteiger charge is -2.44. The summed E-state index contributed by atoms with van der Waals surface area (Å²) >= 11 is 0. The van der Waals surface area contributed by atoms with Gasteiger partial charge in [-0.15, -0.1) is 0 Å². The second-order valence-corrected chi connectivity index (χ2v) is 6.26. The maximum Gasteiger partial charge on any atom is 0.0694 e. The molecule has 2 aliphatic rings. The van der Waals surface area contributed by atoms with E-state index in [9.17, 15) is 0 Å². The Balaban J connectivity index is 1.80. The van der Waals surface area contributed by atoms with E-state index in [0.29, 0.717) is 5.92 Å². The standard InChI is InChI=1S/C16H25N3O/c1-20-16(8-4-9-16)11-14(19-17)13-7-2-5-12-6-3-10-18-15(12)13/h3,6,10,13-14,19H,2,4-5,7-9,11,17H2,1H3. The van der Waals surface area contributed by atoms with Gasteiger partial charge in [0.05, 0.1) is 5.60 Å². The summed E-state index contributed by atoms with van der Waals surface area (Å²) in [6.45, 7) is 0. The average Bonchev–Trinajstić information content (AvgIpc) is 2.47. The SMILES string of the molecule is COC1(CC(NN)C2CCCc3cccnc32)CCC1. The predicted molar refractivity (Wildman–Crippen MR) is 79.2 cm³/mol. The van der Waals surface area contributed by atoms with Gasteiger partial charge in [-0.3, -0.25) is 16.3 Å². The topological polar surface area (TPSA) is 60.2 Å². The van der Waals surface area contributed by atoms with Crippen LogP contribution in [0, 0.1) is 0 Å². The van der Waals surface area contributed by atoms with Crippen molar-refractivity contribution >= 4 is 0 Å². The Morgan fingerprint density at radius 1 is 1.50 bits per heavy atom. The zero-order chi connectivity index (χ0) is 14.0. The number of aryl methyl sites for hydroxylation is 1. The van der Waals surface area contributed by atoms with Crippen LogP contribution in [0.2, 0.25) is 0 Å². The van der Waals surface area contributed by atoms with Crippen LogP contribution in [0.25, 0.3) is 0 Å². The van der Waals surface area contributed by atoms with Crippen molar-refractivity contribution in [2.75, 3.05) is 7.11 Å². The molecule has 0 aliphatic heterocycles. The summed E-state index contributed by atoms with van der Waals surface area (Å²) in [5, 5.41) is 0. The van der Waals surface area contributed by atoms with Gasteiger partial charge in [0.1, 0.15) is 0 Å². The zero-order valence-corrected chi connectivity index (χ0v) is 12.3. The van der Waals surface area contributed by atoms with E-state index in [4.69, 9.17) is 10.6 Å². The Morgan fingerprint density at radius 2 is 2.35 bits per heavy atom. The van der Waals surface area contributed by atoms with E-state index < -0.39 is 0 Å². The normalized spacial score (nSPS) is 25.6. The fourth-order valence-corrected chi connectivity index (χ4v) is 3.82. The van der Waals surface area contributed by atoms with E-state index in [1.54, 1.807) is 0 Å². The highest BCUT2D eigenvalue weighted by Gasteiger charge is 2.41. The summed E-state index contributed by atoms with van der Waals surface area (Å²) in [4.78, 5) is 4.63. The van der Waals surface area contributed by atoms with E-state index in [1.165, 1.54) is 30.5 Å². The molecular formula is C16H25N3O. The first-order valence-corrected chi connectivity index (χ1v) is 7.73. The lowest BCUT2D eigenvalue weighted by atomic mass is 9.71. The number of methoxy groups -OCH3 is 1. The van der Waals surface area contributed by atoms with Crippen molar-refractivity contribution in [3.8, 4) is 0 Å². The first-order valence-electron chi connectivity index (χ1n) is 7.73. The third-order valence-electron chi connectivity index (χ3n) is 5.23. The first kappa shape index (κ1) is 14.0. The number of fused-ring (bicyclic) bond motifs is 1. The molecule has 4 nitrogen and oxygen atoms in total. The Hall–Kier alpha value is -0.970. The molecule has 0 bridgehead atoms. The highest BCUT2D eigenvalue weighted by atomic mass is 16.5. The fourth-order valence-electron chi connectivity index (χ4n) is 3.82. The number of aromatic nitrogens is 1. The molecule has 4 heteroatoms. The molecule has 2 aliphatic carbocycles. The van der Waals surface area contributed by atoms with Crippen molar-refractivity contribution < 1.29 is 4.74 Å². The number of pyridine rings is 1. The van der Waals surface area contributed by atoms with Gasteiger partial charge in [0.25, 0.3) is 0 Å². The molecule has 110 valence electrons. The molecule has 2 unspecified atom stereocenters. The van der Waals surface area contributed by atoms with Crippen LogP contribution in [0.4, 0.5) is 0 Å². The highest BCUT2D eigenvalue weighted by Crippen LogP contribution is 2.42. The molecule has 3 N–H and O–H groups in total. The Kier molecular flexibility index (Phi) is 4.06. The van der Waals surface area contributed by atoms with Crippen LogP contribution in [0.3, 0.4) is 0 Å². The Bertz CT molecular complexity index is 453. The molecule has 2 atom stereocenters. The van der Waals surface area contributed by atoms with Crippen LogP contribution in [-0.4, -0.2) is 23.7 Å². The average molecular weight is 275 g/mol. The van der Waals surface area contributed by atoms with Crippen molar-refractivity contribution in [3.63, 3.8) is 0 Å². The number of nitrogens with zero attached hydrogens (tertiary/aromatic N) is 1. The zero-order valence-electron chi connectivity index (χ0n) is 12.3. The molecule has 1 heterocycles. The van der Waals surface area contributed by atoms with E-state index in [2.05, 4.69) is 16.5 Å². The lowest BCUT2D eigenvalue weighted by molar-refractivity contribution is -0.0853. The van der Waals surface area contributed by atoms with Crippen LogP contribution in [-0.2, 0) is 11.2 Å². The number of hydrogen-bond acceptors (Lipinski definition) is 4. The summed E-state index contributed by atoms with van der Waals surface area (Å²) in [5.41, 5.74) is 5.73. The first-order chi connectivity index (χ1) is 9.78. The minimum absolute atomic E-state index is 0.0451. The van der Waals surface area contributed by atoms with Crippen LogP contribution in [0.5, 0.6) is 0 Å². The Morgan fingerprint density at radius 3 is 3.00 bits per heavy atom. The van der Waals surface area contributed by atoms with E-state index in [0.717, 1.165) is 25.7 Å². The molecule has 1 fully saturated rings. The van der Waals surface area contributed by atoms with E-state index in [-0.39, 0.29) is 11.6 Å². The molecule has 0 spiro atoms. The summed E-state index contributed by atoms with van der Waals surface area (Å²) in [6, 6.07) is 4.50. The van der Waals surface area contributed by atoms with Crippen molar-refractivity contribution in [1.29, 1.82) is 0 Å². The monoisotopic (exact) mass is 275 g/mol. The molecule has 20 heavy (non-hydrogen) atoms. The molecule has 1 aromatic heterocycles. The number of nitrogens with two attached hydrogens (primary N) is 1. The molecular weight excluding hydrogens is 250 g/mol. The highest BCUT2D eigenvalue weighted by molar-refractivity contribution is 5.27. The van der Waals surface area contributed by atoms with Crippen LogP contribution < -0.4 is 11.3 Å².